The Bertz CT molecular complexity index is 665. The highest BCUT2D eigenvalue weighted by atomic mass is 19.4. The summed E-state index contributed by atoms with van der Waals surface area (Å²) in [6.45, 7) is 1.02. The number of ether oxygens (including phenoxy) is 2. The third kappa shape index (κ3) is 4.21. The van der Waals surface area contributed by atoms with E-state index in [2.05, 4.69) is 16.7 Å². The van der Waals surface area contributed by atoms with Crippen LogP contribution in [0.15, 0.2) is 24.3 Å². The number of alkyl halides is 3. The van der Waals surface area contributed by atoms with Crippen molar-refractivity contribution < 1.29 is 32.5 Å². The van der Waals surface area contributed by atoms with E-state index in [1.54, 1.807) is 0 Å². The molecule has 2 aliphatic heterocycles. The van der Waals surface area contributed by atoms with Crippen molar-refractivity contribution in [2.24, 2.45) is 0 Å². The molecule has 0 aliphatic carbocycles. The smallest absolute Gasteiger partial charge is 0.462 e. The second-order valence-corrected chi connectivity index (χ2v) is 7.61. The standard InChI is InChI=1S/C19H24F3NO4/c1-18(11-24,12-3-7-15(8-4-12)27-19(20,21)22)17(25)26-16-9-13-5-6-14(10-16)23(13)2/h3-4,7-8,13-14,16,24H,5-6,9-11H2,1-2H3/t13?,14?,16?,18-/m1/s1. The minimum atomic E-state index is -4.78. The van der Waals surface area contributed by atoms with Gasteiger partial charge in [0.1, 0.15) is 17.3 Å². The third-order valence-corrected chi connectivity index (χ3v) is 5.82. The number of nitrogens with zero attached hydrogens (tertiary/aromatic N) is 1. The summed E-state index contributed by atoms with van der Waals surface area (Å²) >= 11 is 0. The predicted molar refractivity (Wildman–Crippen MR) is 91.2 cm³/mol. The van der Waals surface area contributed by atoms with Gasteiger partial charge in [-0.2, -0.15) is 0 Å². The summed E-state index contributed by atoms with van der Waals surface area (Å²) in [6.07, 6.45) is -1.28. The molecule has 2 aliphatic rings. The molecule has 2 bridgehead atoms. The Morgan fingerprint density at radius 1 is 1.19 bits per heavy atom. The van der Waals surface area contributed by atoms with Crippen LogP contribution in [0.5, 0.6) is 5.75 Å². The van der Waals surface area contributed by atoms with Crippen LogP contribution in [0.25, 0.3) is 0 Å². The van der Waals surface area contributed by atoms with Crippen LogP contribution >= 0.6 is 0 Å². The highest BCUT2D eigenvalue weighted by Crippen LogP contribution is 2.37. The van der Waals surface area contributed by atoms with Gasteiger partial charge in [0.2, 0.25) is 0 Å². The SMILES string of the molecule is CN1C2CCC1CC(OC(=O)[C@](C)(CO)c1ccc(OC(F)(F)F)cc1)C2. The maximum atomic E-state index is 12.8. The number of benzene rings is 1. The molecule has 8 heteroatoms. The lowest BCUT2D eigenvalue weighted by Crippen LogP contribution is -2.46. The normalized spacial score (nSPS) is 27.9. The second-order valence-electron chi connectivity index (χ2n) is 7.61. The molecule has 2 unspecified atom stereocenters. The van der Waals surface area contributed by atoms with Gasteiger partial charge < -0.3 is 19.5 Å². The highest BCUT2D eigenvalue weighted by molar-refractivity contribution is 5.83. The van der Waals surface area contributed by atoms with Gasteiger partial charge in [0.15, 0.2) is 0 Å². The van der Waals surface area contributed by atoms with Gasteiger partial charge in [-0.3, -0.25) is 4.79 Å². The van der Waals surface area contributed by atoms with E-state index in [0.29, 0.717) is 17.6 Å². The number of hydrogen-bond donors (Lipinski definition) is 1. The quantitative estimate of drug-likeness (QED) is 0.788. The van der Waals surface area contributed by atoms with Gasteiger partial charge in [-0.1, -0.05) is 12.1 Å². The van der Waals surface area contributed by atoms with Gasteiger partial charge in [0, 0.05) is 12.1 Å². The topological polar surface area (TPSA) is 59.0 Å². The second kappa shape index (κ2) is 7.31. The highest BCUT2D eigenvalue weighted by Gasteiger charge is 2.43. The number of carbonyl (C=O) groups is 1. The van der Waals surface area contributed by atoms with E-state index >= 15 is 0 Å². The average molecular weight is 387 g/mol. The fourth-order valence-corrected chi connectivity index (χ4v) is 4.04. The fraction of sp³-hybridized carbons (Fsp3) is 0.632. The molecule has 27 heavy (non-hydrogen) atoms. The molecule has 3 rings (SSSR count). The molecule has 2 heterocycles. The van der Waals surface area contributed by atoms with Crippen LogP contribution in [0.4, 0.5) is 13.2 Å². The van der Waals surface area contributed by atoms with Gasteiger partial charge >= 0.3 is 12.3 Å². The molecule has 3 atom stereocenters. The molecule has 5 nitrogen and oxygen atoms in total. The molecule has 2 saturated heterocycles. The van der Waals surface area contributed by atoms with Crippen molar-refractivity contribution >= 4 is 5.97 Å². The molecule has 1 N–H and O–H groups in total. The number of hydrogen-bond acceptors (Lipinski definition) is 5. The molecule has 1 aromatic carbocycles. The van der Waals surface area contributed by atoms with Crippen molar-refractivity contribution in [2.45, 2.75) is 62.6 Å². The van der Waals surface area contributed by atoms with Crippen molar-refractivity contribution in [1.82, 2.24) is 4.90 Å². The van der Waals surface area contributed by atoms with Crippen LogP contribution in [0.1, 0.15) is 38.2 Å². The first-order valence-corrected chi connectivity index (χ1v) is 9.02. The zero-order chi connectivity index (χ0) is 19.8. The molecule has 0 saturated carbocycles. The molecule has 1 aromatic rings. The van der Waals surface area contributed by atoms with E-state index in [0.717, 1.165) is 37.8 Å². The van der Waals surface area contributed by atoms with Crippen molar-refractivity contribution in [3.8, 4) is 5.75 Å². The Morgan fingerprint density at radius 2 is 1.74 bits per heavy atom. The van der Waals surface area contributed by atoms with Gasteiger partial charge in [-0.25, -0.2) is 0 Å². The van der Waals surface area contributed by atoms with Gasteiger partial charge in [0.25, 0.3) is 0 Å². The minimum Gasteiger partial charge on any atom is -0.462 e. The summed E-state index contributed by atoms with van der Waals surface area (Å²) in [7, 11) is 2.09. The van der Waals surface area contributed by atoms with Crippen LogP contribution in [-0.4, -0.2) is 54.2 Å². The zero-order valence-corrected chi connectivity index (χ0v) is 15.3. The van der Waals surface area contributed by atoms with Crippen LogP contribution in [0.3, 0.4) is 0 Å². The van der Waals surface area contributed by atoms with E-state index in [1.165, 1.54) is 19.1 Å². The molecular formula is C19H24F3NO4. The number of piperidine rings is 1. The lowest BCUT2D eigenvalue weighted by Gasteiger charge is -2.37. The van der Waals surface area contributed by atoms with Crippen molar-refractivity contribution in [1.29, 1.82) is 0 Å². The number of esters is 1. The average Bonchev–Trinajstić information content (AvgIpc) is 2.81. The van der Waals surface area contributed by atoms with Gasteiger partial charge in [0.05, 0.1) is 6.61 Å². The summed E-state index contributed by atoms with van der Waals surface area (Å²) in [4.78, 5) is 15.1. The van der Waals surface area contributed by atoms with Crippen molar-refractivity contribution in [3.63, 3.8) is 0 Å². The maximum Gasteiger partial charge on any atom is 0.573 e. The Kier molecular flexibility index (Phi) is 5.40. The molecule has 2 fully saturated rings. The van der Waals surface area contributed by atoms with E-state index in [4.69, 9.17) is 4.74 Å². The van der Waals surface area contributed by atoms with Crippen molar-refractivity contribution in [3.05, 3.63) is 29.8 Å². The molecule has 0 aromatic heterocycles. The van der Waals surface area contributed by atoms with E-state index in [1.807, 2.05) is 0 Å². The number of rotatable bonds is 5. The summed E-state index contributed by atoms with van der Waals surface area (Å²) < 4.78 is 46.4. The maximum absolute atomic E-state index is 12.8. The Hall–Kier alpha value is -1.80. The van der Waals surface area contributed by atoms with E-state index in [-0.39, 0.29) is 11.9 Å². The largest absolute Gasteiger partial charge is 0.573 e. The van der Waals surface area contributed by atoms with Crippen LogP contribution < -0.4 is 4.74 Å². The summed E-state index contributed by atoms with van der Waals surface area (Å²) in [6, 6.07) is 5.74. The third-order valence-electron chi connectivity index (χ3n) is 5.82. The van der Waals surface area contributed by atoms with Crippen molar-refractivity contribution in [2.75, 3.05) is 13.7 Å². The predicted octanol–water partition coefficient (Wildman–Crippen LogP) is 3.00. The summed E-state index contributed by atoms with van der Waals surface area (Å²) in [5.41, 5.74) is -0.973. The number of fused-ring (bicyclic) bond motifs is 2. The minimum absolute atomic E-state index is 0.204. The summed E-state index contributed by atoms with van der Waals surface area (Å²) in [5, 5.41) is 9.83. The molecule has 0 amide bonds. The Labute approximate surface area is 156 Å². The molecular weight excluding hydrogens is 363 g/mol. The lowest BCUT2D eigenvalue weighted by molar-refractivity contribution is -0.274. The van der Waals surface area contributed by atoms with Crippen LogP contribution in [-0.2, 0) is 14.9 Å². The Morgan fingerprint density at radius 3 is 2.22 bits per heavy atom. The first kappa shape index (κ1) is 19.9. The molecule has 0 radical (unpaired) electrons. The zero-order valence-electron chi connectivity index (χ0n) is 15.3. The Balaban J connectivity index is 1.69. The van der Waals surface area contributed by atoms with E-state index < -0.39 is 24.4 Å². The van der Waals surface area contributed by atoms with Crippen LogP contribution in [0.2, 0.25) is 0 Å². The monoisotopic (exact) mass is 387 g/mol. The number of aliphatic hydroxyl groups is 1. The van der Waals surface area contributed by atoms with E-state index in [9.17, 15) is 23.1 Å². The lowest BCUT2D eigenvalue weighted by atomic mass is 9.83. The number of aliphatic hydroxyl groups excluding tert-OH is 1. The molecule has 150 valence electrons. The van der Waals surface area contributed by atoms with Gasteiger partial charge in [-0.05, 0) is 57.4 Å². The number of carbonyl (C=O) groups excluding carboxylic acids is 1. The summed E-state index contributed by atoms with van der Waals surface area (Å²) in [5.74, 6) is -0.949. The molecule has 0 spiro atoms. The number of halogens is 3. The first-order valence-electron chi connectivity index (χ1n) is 9.02. The fourth-order valence-electron chi connectivity index (χ4n) is 4.04. The van der Waals surface area contributed by atoms with Crippen LogP contribution in [0, 0.1) is 0 Å². The first-order chi connectivity index (χ1) is 12.6. The van der Waals surface area contributed by atoms with Gasteiger partial charge in [-0.15, -0.1) is 13.2 Å².